The Balaban J connectivity index is 3.39. The number of aliphatic hydroxyl groups is 1. The average Bonchev–Trinajstić information content (AvgIpc) is 2.29. The van der Waals surface area contributed by atoms with Crippen molar-refractivity contribution in [1.29, 1.82) is 0 Å². The molecule has 0 heterocycles. The maximum Gasteiger partial charge on any atom is 0.179 e. The van der Waals surface area contributed by atoms with E-state index in [1.165, 1.54) is 14.2 Å². The van der Waals surface area contributed by atoms with Gasteiger partial charge in [0.15, 0.2) is 11.5 Å². The summed E-state index contributed by atoms with van der Waals surface area (Å²) in [5.41, 5.74) is 6.86. The minimum atomic E-state index is -0.752. The summed E-state index contributed by atoms with van der Waals surface area (Å²) in [7, 11) is 3.04. The summed E-state index contributed by atoms with van der Waals surface area (Å²) in [5, 5.41) is 10.1. The molecule has 5 heteroatoms. The Labute approximate surface area is 99.9 Å². The Morgan fingerprint density at radius 1 is 1.38 bits per heavy atom. The fourth-order valence-electron chi connectivity index (χ4n) is 1.63. The van der Waals surface area contributed by atoms with E-state index >= 15 is 0 Å². The van der Waals surface area contributed by atoms with Gasteiger partial charge in [0, 0.05) is 12.1 Å². The molecule has 0 aromatic heterocycles. The molecule has 4 nitrogen and oxygen atoms in total. The zero-order valence-electron chi connectivity index (χ0n) is 9.58. The summed E-state index contributed by atoms with van der Waals surface area (Å²) in [5.74, 6) is 0.993. The molecule has 0 saturated heterocycles. The van der Waals surface area contributed by atoms with Gasteiger partial charge in [-0.05, 0) is 18.6 Å². The largest absolute Gasteiger partial charge is 0.493 e. The SMILES string of the molecule is COc1c(Cl)cc(C(O)CN)c(C)c1OC. The van der Waals surface area contributed by atoms with Gasteiger partial charge in [-0.1, -0.05) is 11.6 Å². The van der Waals surface area contributed by atoms with Crippen molar-refractivity contribution in [3.05, 3.63) is 22.2 Å². The van der Waals surface area contributed by atoms with E-state index in [-0.39, 0.29) is 6.54 Å². The first-order valence-corrected chi connectivity index (χ1v) is 5.23. The first kappa shape index (κ1) is 13.1. The van der Waals surface area contributed by atoms with Crippen LogP contribution in [0.4, 0.5) is 0 Å². The van der Waals surface area contributed by atoms with Crippen molar-refractivity contribution in [2.24, 2.45) is 5.73 Å². The Morgan fingerprint density at radius 3 is 2.38 bits per heavy atom. The van der Waals surface area contributed by atoms with Crippen LogP contribution in [-0.2, 0) is 0 Å². The van der Waals surface area contributed by atoms with Crippen LogP contribution >= 0.6 is 11.6 Å². The number of nitrogens with two attached hydrogens (primary N) is 1. The van der Waals surface area contributed by atoms with Crippen LogP contribution < -0.4 is 15.2 Å². The van der Waals surface area contributed by atoms with Crippen molar-refractivity contribution in [2.75, 3.05) is 20.8 Å². The molecule has 1 aromatic rings. The molecule has 0 amide bonds. The zero-order valence-corrected chi connectivity index (χ0v) is 10.3. The van der Waals surface area contributed by atoms with Crippen LogP contribution in [0.25, 0.3) is 0 Å². The van der Waals surface area contributed by atoms with Gasteiger partial charge in [-0.25, -0.2) is 0 Å². The molecule has 0 radical (unpaired) electrons. The highest BCUT2D eigenvalue weighted by molar-refractivity contribution is 6.32. The van der Waals surface area contributed by atoms with Gasteiger partial charge < -0.3 is 20.3 Å². The topological polar surface area (TPSA) is 64.7 Å². The minimum absolute atomic E-state index is 0.132. The smallest absolute Gasteiger partial charge is 0.179 e. The minimum Gasteiger partial charge on any atom is -0.493 e. The lowest BCUT2D eigenvalue weighted by Crippen LogP contribution is -2.13. The lowest BCUT2D eigenvalue weighted by molar-refractivity contribution is 0.185. The van der Waals surface area contributed by atoms with Gasteiger partial charge in [0.25, 0.3) is 0 Å². The van der Waals surface area contributed by atoms with Crippen LogP contribution in [0.15, 0.2) is 6.07 Å². The molecule has 0 bridgehead atoms. The predicted molar refractivity (Wildman–Crippen MR) is 63.3 cm³/mol. The quantitative estimate of drug-likeness (QED) is 0.847. The summed E-state index contributed by atoms with van der Waals surface area (Å²) in [6.45, 7) is 1.96. The van der Waals surface area contributed by atoms with Crippen molar-refractivity contribution in [1.82, 2.24) is 0 Å². The number of rotatable bonds is 4. The Hall–Kier alpha value is -0.970. The van der Waals surface area contributed by atoms with E-state index in [9.17, 15) is 5.11 Å². The van der Waals surface area contributed by atoms with Gasteiger partial charge >= 0.3 is 0 Å². The first-order valence-electron chi connectivity index (χ1n) is 4.85. The second-order valence-corrected chi connectivity index (χ2v) is 3.80. The molecular weight excluding hydrogens is 230 g/mol. The average molecular weight is 246 g/mol. The van der Waals surface area contributed by atoms with Gasteiger partial charge in [0.1, 0.15) is 0 Å². The lowest BCUT2D eigenvalue weighted by atomic mass is 10.0. The number of benzene rings is 1. The van der Waals surface area contributed by atoms with E-state index in [1.54, 1.807) is 6.07 Å². The van der Waals surface area contributed by atoms with E-state index in [0.717, 1.165) is 5.56 Å². The van der Waals surface area contributed by atoms with Gasteiger partial charge in [0.2, 0.25) is 0 Å². The Kier molecular flexibility index (Phi) is 4.41. The summed E-state index contributed by atoms with van der Waals surface area (Å²) in [6.07, 6.45) is -0.752. The summed E-state index contributed by atoms with van der Waals surface area (Å²) >= 11 is 6.03. The first-order chi connectivity index (χ1) is 7.56. The highest BCUT2D eigenvalue weighted by Crippen LogP contribution is 2.41. The van der Waals surface area contributed by atoms with Gasteiger partial charge in [-0.15, -0.1) is 0 Å². The standard InChI is InChI=1S/C11H16ClNO3/c1-6-7(9(14)5-13)4-8(12)11(16-3)10(6)15-2/h4,9,14H,5,13H2,1-3H3. The maximum atomic E-state index is 9.74. The number of hydrogen-bond acceptors (Lipinski definition) is 4. The molecule has 0 aliphatic rings. The zero-order chi connectivity index (χ0) is 12.3. The van der Waals surface area contributed by atoms with Gasteiger partial charge in [-0.3, -0.25) is 0 Å². The van der Waals surface area contributed by atoms with E-state index < -0.39 is 6.10 Å². The van der Waals surface area contributed by atoms with Crippen LogP contribution in [0, 0.1) is 6.92 Å². The van der Waals surface area contributed by atoms with Gasteiger partial charge in [0.05, 0.1) is 25.3 Å². The molecule has 0 fully saturated rings. The van der Waals surface area contributed by atoms with E-state index in [2.05, 4.69) is 0 Å². The molecule has 0 saturated carbocycles. The predicted octanol–water partition coefficient (Wildman–Crippen LogP) is 1.66. The maximum absolute atomic E-state index is 9.74. The molecule has 1 unspecified atom stereocenters. The number of hydrogen-bond donors (Lipinski definition) is 2. The van der Waals surface area contributed by atoms with Crippen LogP contribution in [0.1, 0.15) is 17.2 Å². The third-order valence-electron chi connectivity index (χ3n) is 2.47. The molecule has 0 aliphatic carbocycles. The number of aliphatic hydroxyl groups excluding tert-OH is 1. The normalized spacial score (nSPS) is 12.4. The molecule has 0 aliphatic heterocycles. The molecule has 16 heavy (non-hydrogen) atoms. The van der Waals surface area contributed by atoms with Crippen LogP contribution in [-0.4, -0.2) is 25.9 Å². The molecular formula is C11H16ClNO3. The van der Waals surface area contributed by atoms with E-state index in [4.69, 9.17) is 26.8 Å². The van der Waals surface area contributed by atoms with Gasteiger partial charge in [-0.2, -0.15) is 0 Å². The monoisotopic (exact) mass is 245 g/mol. The Morgan fingerprint density at radius 2 is 1.94 bits per heavy atom. The molecule has 1 atom stereocenters. The van der Waals surface area contributed by atoms with Crippen molar-refractivity contribution >= 4 is 11.6 Å². The highest BCUT2D eigenvalue weighted by Gasteiger charge is 2.19. The summed E-state index contributed by atoms with van der Waals surface area (Å²) in [4.78, 5) is 0. The molecule has 1 aromatic carbocycles. The summed E-state index contributed by atoms with van der Waals surface area (Å²) < 4.78 is 10.4. The third-order valence-corrected chi connectivity index (χ3v) is 2.75. The fourth-order valence-corrected chi connectivity index (χ4v) is 1.91. The van der Waals surface area contributed by atoms with Crippen LogP contribution in [0.5, 0.6) is 11.5 Å². The van der Waals surface area contributed by atoms with Crippen LogP contribution in [0.2, 0.25) is 5.02 Å². The van der Waals surface area contributed by atoms with Crippen molar-refractivity contribution < 1.29 is 14.6 Å². The van der Waals surface area contributed by atoms with Crippen molar-refractivity contribution in [3.63, 3.8) is 0 Å². The third kappa shape index (κ3) is 2.24. The highest BCUT2D eigenvalue weighted by atomic mass is 35.5. The lowest BCUT2D eigenvalue weighted by Gasteiger charge is -2.18. The fraction of sp³-hybridized carbons (Fsp3) is 0.455. The van der Waals surface area contributed by atoms with Crippen LogP contribution in [0.3, 0.4) is 0 Å². The van der Waals surface area contributed by atoms with Crippen molar-refractivity contribution in [2.45, 2.75) is 13.0 Å². The number of ether oxygens (including phenoxy) is 2. The van der Waals surface area contributed by atoms with Crippen molar-refractivity contribution in [3.8, 4) is 11.5 Å². The van der Waals surface area contributed by atoms with E-state index in [1.807, 2.05) is 6.92 Å². The summed E-state index contributed by atoms with van der Waals surface area (Å²) in [6, 6.07) is 1.65. The Bertz CT molecular complexity index is 382. The second kappa shape index (κ2) is 5.39. The van der Waals surface area contributed by atoms with E-state index in [0.29, 0.717) is 22.1 Å². The molecule has 3 N–H and O–H groups in total. The molecule has 0 spiro atoms. The molecule has 90 valence electrons. The number of halogens is 1. The second-order valence-electron chi connectivity index (χ2n) is 3.39. The molecule has 1 rings (SSSR count). The number of methoxy groups -OCH3 is 2.